The molecular formula is C12H14FNO4. The first-order valence-corrected chi connectivity index (χ1v) is 5.32. The fourth-order valence-electron chi connectivity index (χ4n) is 1.09. The third kappa shape index (κ3) is 4.04. The van der Waals surface area contributed by atoms with Crippen LogP contribution in [0.5, 0.6) is 5.75 Å². The number of nitrogens with two attached hydrogens (primary N) is 1. The number of rotatable bonds is 5. The van der Waals surface area contributed by atoms with Gasteiger partial charge in [0.25, 0.3) is 5.91 Å². The third-order valence-corrected chi connectivity index (χ3v) is 2.15. The Hall–Kier alpha value is -2.11. The molecular weight excluding hydrogens is 241 g/mol. The normalized spacial score (nSPS) is 13.5. The summed E-state index contributed by atoms with van der Waals surface area (Å²) in [7, 11) is 0. The molecule has 0 unspecified atom stereocenters. The number of hydrogen-bond donors (Lipinski definition) is 1. The van der Waals surface area contributed by atoms with Crippen molar-refractivity contribution in [3.05, 3.63) is 30.1 Å². The fraction of sp³-hybridized carbons (Fsp3) is 0.333. The first-order valence-electron chi connectivity index (χ1n) is 5.32. The smallest absolute Gasteiger partial charge is 0.347 e. The number of halogens is 1. The van der Waals surface area contributed by atoms with Gasteiger partial charge in [-0.05, 0) is 38.1 Å². The van der Waals surface area contributed by atoms with E-state index in [9.17, 15) is 14.0 Å². The second-order valence-electron chi connectivity index (χ2n) is 3.70. The minimum atomic E-state index is -1.02. The Balaban J connectivity index is 2.54. The van der Waals surface area contributed by atoms with Crippen molar-refractivity contribution in [2.75, 3.05) is 0 Å². The lowest BCUT2D eigenvalue weighted by Gasteiger charge is -2.16. The Morgan fingerprint density at radius 1 is 1.17 bits per heavy atom. The first kappa shape index (κ1) is 14.0. The Labute approximate surface area is 104 Å². The molecule has 5 nitrogen and oxygen atoms in total. The molecule has 2 atom stereocenters. The molecule has 0 spiro atoms. The van der Waals surface area contributed by atoms with Crippen LogP contribution in [0.1, 0.15) is 13.8 Å². The van der Waals surface area contributed by atoms with Gasteiger partial charge >= 0.3 is 5.97 Å². The van der Waals surface area contributed by atoms with Gasteiger partial charge in [0.2, 0.25) is 0 Å². The Morgan fingerprint density at radius 2 is 1.72 bits per heavy atom. The summed E-state index contributed by atoms with van der Waals surface area (Å²) in [5, 5.41) is 0. The van der Waals surface area contributed by atoms with Crippen molar-refractivity contribution >= 4 is 11.9 Å². The highest BCUT2D eigenvalue weighted by Gasteiger charge is 2.21. The summed E-state index contributed by atoms with van der Waals surface area (Å²) < 4.78 is 22.6. The highest BCUT2D eigenvalue weighted by Crippen LogP contribution is 2.13. The quantitative estimate of drug-likeness (QED) is 0.796. The Morgan fingerprint density at radius 3 is 2.22 bits per heavy atom. The van der Waals surface area contributed by atoms with Crippen molar-refractivity contribution < 1.29 is 23.5 Å². The van der Waals surface area contributed by atoms with E-state index in [-0.39, 0.29) is 0 Å². The lowest BCUT2D eigenvalue weighted by atomic mass is 10.3. The topological polar surface area (TPSA) is 78.6 Å². The molecule has 0 aliphatic rings. The van der Waals surface area contributed by atoms with Crippen LogP contribution in [-0.4, -0.2) is 24.1 Å². The minimum Gasteiger partial charge on any atom is -0.479 e. The molecule has 0 heterocycles. The maximum atomic E-state index is 12.6. The van der Waals surface area contributed by atoms with E-state index in [4.69, 9.17) is 15.2 Å². The van der Waals surface area contributed by atoms with Crippen LogP contribution < -0.4 is 10.5 Å². The number of amides is 1. The van der Waals surface area contributed by atoms with Crippen molar-refractivity contribution in [1.29, 1.82) is 0 Å². The summed E-state index contributed by atoms with van der Waals surface area (Å²) in [4.78, 5) is 22.2. The van der Waals surface area contributed by atoms with Crippen molar-refractivity contribution in [2.45, 2.75) is 26.1 Å². The fourth-order valence-corrected chi connectivity index (χ4v) is 1.09. The molecule has 18 heavy (non-hydrogen) atoms. The maximum absolute atomic E-state index is 12.6. The standard InChI is InChI=1S/C12H14FNO4/c1-7(11(14)15)18-12(16)8(2)17-10-5-3-9(13)4-6-10/h3-8H,1-2H3,(H2,14,15)/t7-,8+/m1/s1. The van der Waals surface area contributed by atoms with Gasteiger partial charge in [-0.15, -0.1) is 0 Å². The van der Waals surface area contributed by atoms with Gasteiger partial charge in [-0.25, -0.2) is 9.18 Å². The molecule has 1 aromatic carbocycles. The number of ether oxygens (including phenoxy) is 2. The number of benzene rings is 1. The summed E-state index contributed by atoms with van der Waals surface area (Å²) >= 11 is 0. The van der Waals surface area contributed by atoms with Crippen LogP contribution in [0.3, 0.4) is 0 Å². The monoisotopic (exact) mass is 255 g/mol. The molecule has 0 aliphatic heterocycles. The lowest BCUT2D eigenvalue weighted by molar-refractivity contribution is -0.159. The molecule has 0 saturated heterocycles. The van der Waals surface area contributed by atoms with Crippen molar-refractivity contribution in [3.8, 4) is 5.75 Å². The molecule has 2 N–H and O–H groups in total. The predicted octanol–water partition coefficient (Wildman–Crippen LogP) is 1.01. The first-order chi connectivity index (χ1) is 8.40. The molecule has 0 bridgehead atoms. The zero-order valence-electron chi connectivity index (χ0n) is 10.1. The van der Waals surface area contributed by atoms with Crippen LogP contribution in [-0.2, 0) is 14.3 Å². The van der Waals surface area contributed by atoms with Crippen molar-refractivity contribution in [1.82, 2.24) is 0 Å². The van der Waals surface area contributed by atoms with Crippen molar-refractivity contribution in [3.63, 3.8) is 0 Å². The van der Waals surface area contributed by atoms with E-state index in [1.165, 1.54) is 38.1 Å². The second kappa shape index (κ2) is 6.00. The summed E-state index contributed by atoms with van der Waals surface area (Å²) in [5.74, 6) is -1.53. The zero-order chi connectivity index (χ0) is 13.7. The Kier molecular flexibility index (Phi) is 4.65. The summed E-state index contributed by atoms with van der Waals surface area (Å²) in [6.45, 7) is 2.82. The van der Waals surface area contributed by atoms with Crippen LogP contribution in [0.4, 0.5) is 4.39 Å². The summed E-state index contributed by atoms with van der Waals surface area (Å²) in [6, 6.07) is 5.19. The van der Waals surface area contributed by atoms with Gasteiger partial charge in [0.15, 0.2) is 12.2 Å². The van der Waals surface area contributed by atoms with Crippen molar-refractivity contribution in [2.24, 2.45) is 5.73 Å². The molecule has 6 heteroatoms. The van der Waals surface area contributed by atoms with E-state index in [2.05, 4.69) is 0 Å². The van der Waals surface area contributed by atoms with Gasteiger partial charge in [0, 0.05) is 0 Å². The van der Waals surface area contributed by atoms with Crippen LogP contribution in [0.2, 0.25) is 0 Å². The predicted molar refractivity (Wildman–Crippen MR) is 61.2 cm³/mol. The highest BCUT2D eigenvalue weighted by atomic mass is 19.1. The molecule has 0 saturated carbocycles. The largest absolute Gasteiger partial charge is 0.479 e. The number of hydrogen-bond acceptors (Lipinski definition) is 4. The van der Waals surface area contributed by atoms with Gasteiger partial charge in [-0.1, -0.05) is 0 Å². The molecule has 1 aromatic rings. The third-order valence-electron chi connectivity index (χ3n) is 2.15. The SMILES string of the molecule is C[C@H](Oc1ccc(F)cc1)C(=O)O[C@H](C)C(N)=O. The van der Waals surface area contributed by atoms with Crippen LogP contribution in [0.25, 0.3) is 0 Å². The molecule has 0 radical (unpaired) electrons. The van der Waals surface area contributed by atoms with E-state index >= 15 is 0 Å². The molecule has 1 amide bonds. The van der Waals surface area contributed by atoms with Gasteiger partial charge in [0.1, 0.15) is 11.6 Å². The van der Waals surface area contributed by atoms with Crippen LogP contribution >= 0.6 is 0 Å². The average Bonchev–Trinajstić information content (AvgIpc) is 2.31. The van der Waals surface area contributed by atoms with Crippen LogP contribution in [0, 0.1) is 5.82 Å². The molecule has 0 fully saturated rings. The van der Waals surface area contributed by atoms with Gasteiger partial charge < -0.3 is 15.2 Å². The molecule has 0 aliphatic carbocycles. The Bertz CT molecular complexity index is 432. The summed E-state index contributed by atoms with van der Waals surface area (Å²) in [5.41, 5.74) is 4.95. The van der Waals surface area contributed by atoms with E-state index in [0.717, 1.165) is 0 Å². The zero-order valence-corrected chi connectivity index (χ0v) is 10.1. The second-order valence-corrected chi connectivity index (χ2v) is 3.70. The maximum Gasteiger partial charge on any atom is 0.347 e. The van der Waals surface area contributed by atoms with E-state index in [1.54, 1.807) is 0 Å². The van der Waals surface area contributed by atoms with Gasteiger partial charge in [0.05, 0.1) is 0 Å². The highest BCUT2D eigenvalue weighted by molar-refractivity contribution is 5.83. The number of primary amides is 1. The molecule has 98 valence electrons. The van der Waals surface area contributed by atoms with E-state index < -0.39 is 29.9 Å². The average molecular weight is 255 g/mol. The number of carbonyl (C=O) groups excluding carboxylic acids is 2. The number of carbonyl (C=O) groups is 2. The van der Waals surface area contributed by atoms with Gasteiger partial charge in [-0.2, -0.15) is 0 Å². The van der Waals surface area contributed by atoms with E-state index in [0.29, 0.717) is 5.75 Å². The molecule has 1 rings (SSSR count). The lowest BCUT2D eigenvalue weighted by Crippen LogP contribution is -2.35. The van der Waals surface area contributed by atoms with Crippen LogP contribution in [0.15, 0.2) is 24.3 Å². The summed E-state index contributed by atoms with van der Waals surface area (Å²) in [6.07, 6.45) is -1.94. The number of esters is 1. The molecule has 0 aromatic heterocycles. The minimum absolute atomic E-state index is 0.326. The van der Waals surface area contributed by atoms with E-state index in [1.807, 2.05) is 0 Å². The van der Waals surface area contributed by atoms with Gasteiger partial charge in [-0.3, -0.25) is 4.79 Å².